The number of nitrogens with one attached hydrogen (secondary N) is 1. The topological polar surface area (TPSA) is 55.2 Å². The van der Waals surface area contributed by atoms with E-state index in [1.165, 1.54) is 12.5 Å². The highest BCUT2D eigenvalue weighted by molar-refractivity contribution is 5.62. The van der Waals surface area contributed by atoms with Gasteiger partial charge < -0.3 is 5.32 Å². The molecule has 0 amide bonds. The Morgan fingerprint density at radius 1 is 1.42 bits per heavy atom. The lowest BCUT2D eigenvalue weighted by Crippen LogP contribution is -2.32. The van der Waals surface area contributed by atoms with E-state index in [0.29, 0.717) is 11.6 Å². The van der Waals surface area contributed by atoms with Crippen LogP contribution in [0.5, 0.6) is 0 Å². The van der Waals surface area contributed by atoms with E-state index in [2.05, 4.69) is 12.2 Å². The lowest BCUT2D eigenvalue weighted by atomic mass is 9.83. The Labute approximate surface area is 112 Å². The second-order valence-corrected chi connectivity index (χ2v) is 5.10. The molecule has 1 N–H and O–H groups in total. The van der Waals surface area contributed by atoms with Crippen molar-refractivity contribution in [3.63, 3.8) is 0 Å². The number of anilines is 1. The van der Waals surface area contributed by atoms with Gasteiger partial charge in [0.2, 0.25) is 5.82 Å². The fourth-order valence-electron chi connectivity index (χ4n) is 2.90. The smallest absolute Gasteiger partial charge is 0.327 e. The first kappa shape index (κ1) is 13.8. The highest BCUT2D eigenvalue weighted by Gasteiger charge is 2.27. The second-order valence-electron chi connectivity index (χ2n) is 5.10. The SMILES string of the molecule is CCC1CCCCC1Nc1cccc(F)c1[N+](=O)[O-]. The maximum absolute atomic E-state index is 13.6. The molecule has 1 aromatic carbocycles. The van der Waals surface area contributed by atoms with E-state index in [-0.39, 0.29) is 6.04 Å². The van der Waals surface area contributed by atoms with Gasteiger partial charge in [-0.1, -0.05) is 32.3 Å². The lowest BCUT2D eigenvalue weighted by Gasteiger charge is -2.32. The van der Waals surface area contributed by atoms with E-state index in [9.17, 15) is 14.5 Å². The van der Waals surface area contributed by atoms with E-state index in [1.807, 2.05) is 0 Å². The van der Waals surface area contributed by atoms with E-state index in [1.54, 1.807) is 6.07 Å². The molecule has 0 saturated heterocycles. The van der Waals surface area contributed by atoms with Crippen LogP contribution in [0, 0.1) is 21.8 Å². The standard InChI is InChI=1S/C14H19FN2O2/c1-2-10-6-3-4-8-12(10)16-13-9-5-7-11(15)14(13)17(18)19/h5,7,9-10,12,16H,2-4,6,8H2,1H3. The monoisotopic (exact) mass is 266 g/mol. The van der Waals surface area contributed by atoms with Gasteiger partial charge in [-0.2, -0.15) is 4.39 Å². The quantitative estimate of drug-likeness (QED) is 0.659. The number of nitrogens with zero attached hydrogens (tertiary/aromatic N) is 1. The summed E-state index contributed by atoms with van der Waals surface area (Å²) in [4.78, 5) is 10.3. The Balaban J connectivity index is 2.22. The molecule has 1 aromatic rings. The van der Waals surface area contributed by atoms with Crippen LogP contribution < -0.4 is 5.32 Å². The van der Waals surface area contributed by atoms with Crippen molar-refractivity contribution in [2.24, 2.45) is 5.92 Å². The summed E-state index contributed by atoms with van der Waals surface area (Å²) in [5.74, 6) is -0.268. The lowest BCUT2D eigenvalue weighted by molar-refractivity contribution is -0.386. The van der Waals surface area contributed by atoms with Gasteiger partial charge in [-0.05, 0) is 30.9 Å². The highest BCUT2D eigenvalue weighted by atomic mass is 19.1. The van der Waals surface area contributed by atoms with Crippen LogP contribution in [-0.4, -0.2) is 11.0 Å². The second kappa shape index (κ2) is 5.99. The van der Waals surface area contributed by atoms with Crippen LogP contribution in [0.2, 0.25) is 0 Å². The number of benzene rings is 1. The van der Waals surface area contributed by atoms with Gasteiger partial charge in [-0.15, -0.1) is 0 Å². The number of halogens is 1. The van der Waals surface area contributed by atoms with Crippen LogP contribution in [-0.2, 0) is 0 Å². The summed E-state index contributed by atoms with van der Waals surface area (Å²) < 4.78 is 13.6. The average molecular weight is 266 g/mol. The molecule has 2 unspecified atom stereocenters. The number of rotatable bonds is 4. The molecule has 2 rings (SSSR count). The summed E-state index contributed by atoms with van der Waals surface area (Å²) >= 11 is 0. The Bertz CT molecular complexity index is 465. The van der Waals surface area contributed by atoms with Crippen molar-refractivity contribution in [1.29, 1.82) is 0 Å². The average Bonchev–Trinajstić information content (AvgIpc) is 2.39. The number of nitro groups is 1. The van der Waals surface area contributed by atoms with Crippen molar-refractivity contribution in [2.75, 3.05) is 5.32 Å². The Morgan fingerprint density at radius 2 is 2.16 bits per heavy atom. The van der Waals surface area contributed by atoms with Gasteiger partial charge in [-0.25, -0.2) is 0 Å². The molecule has 0 aliphatic heterocycles. The van der Waals surface area contributed by atoms with Crippen LogP contribution in [0.25, 0.3) is 0 Å². The number of nitro benzene ring substituents is 1. The van der Waals surface area contributed by atoms with E-state index in [0.717, 1.165) is 31.7 Å². The molecule has 19 heavy (non-hydrogen) atoms. The summed E-state index contributed by atoms with van der Waals surface area (Å²) in [6.45, 7) is 2.13. The molecule has 1 aliphatic carbocycles. The van der Waals surface area contributed by atoms with Crippen molar-refractivity contribution >= 4 is 11.4 Å². The predicted molar refractivity (Wildman–Crippen MR) is 72.7 cm³/mol. The largest absolute Gasteiger partial charge is 0.376 e. The van der Waals surface area contributed by atoms with Crippen molar-refractivity contribution < 1.29 is 9.31 Å². The van der Waals surface area contributed by atoms with Crippen molar-refractivity contribution in [1.82, 2.24) is 0 Å². The molecule has 5 heteroatoms. The van der Waals surface area contributed by atoms with Crippen LogP contribution in [0.15, 0.2) is 18.2 Å². The summed E-state index contributed by atoms with van der Waals surface area (Å²) in [5.41, 5.74) is -0.140. The van der Waals surface area contributed by atoms with Crippen LogP contribution in [0.4, 0.5) is 15.8 Å². The molecule has 0 spiro atoms. The summed E-state index contributed by atoms with van der Waals surface area (Å²) in [6.07, 6.45) is 5.50. The number of para-hydroxylation sites is 1. The van der Waals surface area contributed by atoms with Crippen LogP contribution >= 0.6 is 0 Å². The van der Waals surface area contributed by atoms with E-state index >= 15 is 0 Å². The molecule has 0 heterocycles. The van der Waals surface area contributed by atoms with E-state index < -0.39 is 16.4 Å². The third-order valence-electron chi connectivity index (χ3n) is 3.94. The van der Waals surface area contributed by atoms with Crippen molar-refractivity contribution in [3.05, 3.63) is 34.1 Å². The molecular weight excluding hydrogens is 247 g/mol. The highest BCUT2D eigenvalue weighted by Crippen LogP contribution is 2.33. The third-order valence-corrected chi connectivity index (χ3v) is 3.94. The predicted octanol–water partition coefficient (Wildman–Crippen LogP) is 4.11. The van der Waals surface area contributed by atoms with Gasteiger partial charge in [0, 0.05) is 6.04 Å². The maximum Gasteiger partial charge on any atom is 0.327 e. The minimum absolute atomic E-state index is 0.208. The first-order valence-electron chi connectivity index (χ1n) is 6.83. The fourth-order valence-corrected chi connectivity index (χ4v) is 2.90. The van der Waals surface area contributed by atoms with Gasteiger partial charge in [0.05, 0.1) is 4.92 Å². The molecule has 1 aliphatic rings. The maximum atomic E-state index is 13.6. The summed E-state index contributed by atoms with van der Waals surface area (Å²) in [7, 11) is 0. The van der Waals surface area contributed by atoms with Crippen LogP contribution in [0.3, 0.4) is 0 Å². The van der Waals surface area contributed by atoms with Crippen molar-refractivity contribution in [3.8, 4) is 0 Å². The molecule has 4 nitrogen and oxygen atoms in total. The molecule has 104 valence electrons. The zero-order chi connectivity index (χ0) is 13.8. The summed E-state index contributed by atoms with van der Waals surface area (Å²) in [6, 6.07) is 4.43. The first-order chi connectivity index (χ1) is 9.13. The molecule has 0 aromatic heterocycles. The minimum atomic E-state index is -0.779. The number of hydrogen-bond acceptors (Lipinski definition) is 3. The van der Waals surface area contributed by atoms with Gasteiger partial charge in [0.25, 0.3) is 0 Å². The Hall–Kier alpha value is -1.65. The van der Waals surface area contributed by atoms with E-state index in [4.69, 9.17) is 0 Å². The van der Waals surface area contributed by atoms with Gasteiger partial charge in [0.1, 0.15) is 5.69 Å². The molecule has 1 saturated carbocycles. The minimum Gasteiger partial charge on any atom is -0.376 e. The molecular formula is C14H19FN2O2. The zero-order valence-electron chi connectivity index (χ0n) is 11.1. The first-order valence-corrected chi connectivity index (χ1v) is 6.83. The molecule has 0 radical (unpaired) electrons. The third kappa shape index (κ3) is 3.03. The normalized spacial score (nSPS) is 23.1. The van der Waals surface area contributed by atoms with Gasteiger partial charge >= 0.3 is 5.69 Å². The Kier molecular flexibility index (Phi) is 4.35. The molecule has 0 bridgehead atoms. The molecule has 1 fully saturated rings. The number of hydrogen-bond donors (Lipinski definition) is 1. The van der Waals surface area contributed by atoms with Gasteiger partial charge in [0.15, 0.2) is 0 Å². The summed E-state index contributed by atoms with van der Waals surface area (Å²) in [5, 5.41) is 14.2. The van der Waals surface area contributed by atoms with Gasteiger partial charge in [-0.3, -0.25) is 10.1 Å². The Morgan fingerprint density at radius 3 is 2.84 bits per heavy atom. The zero-order valence-corrected chi connectivity index (χ0v) is 11.1. The fraction of sp³-hybridized carbons (Fsp3) is 0.571. The van der Waals surface area contributed by atoms with Crippen molar-refractivity contribution in [2.45, 2.75) is 45.1 Å². The molecule has 2 atom stereocenters. The van der Waals surface area contributed by atoms with Crippen LogP contribution in [0.1, 0.15) is 39.0 Å².